The molecule has 0 spiro atoms. The van der Waals surface area contributed by atoms with Crippen LogP contribution in [0.1, 0.15) is 41.3 Å². The summed E-state index contributed by atoms with van der Waals surface area (Å²) in [5.41, 5.74) is 2.96. The summed E-state index contributed by atoms with van der Waals surface area (Å²) in [6.07, 6.45) is 3.95. The van der Waals surface area contributed by atoms with Gasteiger partial charge in [0.15, 0.2) is 0 Å². The van der Waals surface area contributed by atoms with Crippen molar-refractivity contribution in [1.82, 2.24) is 10.3 Å². The van der Waals surface area contributed by atoms with E-state index in [-0.39, 0.29) is 5.91 Å². The number of benzene rings is 1. The third kappa shape index (κ3) is 4.81. The van der Waals surface area contributed by atoms with E-state index in [1.165, 1.54) is 5.56 Å². The molecule has 0 fully saturated rings. The largest absolute Gasteiger partial charge is 0.360 e. The Morgan fingerprint density at radius 3 is 2.78 bits per heavy atom. The topological polar surface area (TPSA) is 45.2 Å². The van der Waals surface area contributed by atoms with E-state index in [9.17, 15) is 4.79 Å². The summed E-state index contributed by atoms with van der Waals surface area (Å²) in [6.45, 7) is 5.69. The summed E-state index contributed by atoms with van der Waals surface area (Å²) < 4.78 is 0. The lowest BCUT2D eigenvalue weighted by Gasteiger charge is -2.18. The average Bonchev–Trinajstić information content (AvgIpc) is 2.58. The predicted octanol–water partition coefficient (Wildman–Crippen LogP) is 3.56. The van der Waals surface area contributed by atoms with Crippen LogP contribution in [-0.4, -0.2) is 24.5 Å². The molecule has 1 aromatic carbocycles. The first-order chi connectivity index (χ1) is 11.1. The Morgan fingerprint density at radius 2 is 2.04 bits per heavy atom. The van der Waals surface area contributed by atoms with E-state index in [2.05, 4.69) is 35.1 Å². The van der Waals surface area contributed by atoms with Crippen molar-refractivity contribution in [2.75, 3.05) is 18.5 Å². The van der Waals surface area contributed by atoms with Gasteiger partial charge in [0.05, 0.1) is 0 Å². The maximum Gasteiger partial charge on any atom is 0.251 e. The van der Waals surface area contributed by atoms with Crippen LogP contribution in [0.2, 0.25) is 0 Å². The smallest absolute Gasteiger partial charge is 0.251 e. The van der Waals surface area contributed by atoms with Gasteiger partial charge in [-0.1, -0.05) is 37.6 Å². The summed E-state index contributed by atoms with van der Waals surface area (Å²) >= 11 is 0. The van der Waals surface area contributed by atoms with E-state index >= 15 is 0 Å². The van der Waals surface area contributed by atoms with Gasteiger partial charge >= 0.3 is 0 Å². The molecule has 2 aromatic rings. The highest BCUT2D eigenvalue weighted by atomic mass is 16.1. The fourth-order valence-electron chi connectivity index (χ4n) is 2.36. The highest BCUT2D eigenvalue weighted by molar-refractivity contribution is 5.94. The molecule has 23 heavy (non-hydrogen) atoms. The summed E-state index contributed by atoms with van der Waals surface area (Å²) in [6, 6.07) is 11.7. The third-order valence-corrected chi connectivity index (χ3v) is 3.95. The molecule has 2 rings (SSSR count). The second kappa shape index (κ2) is 8.32. The van der Waals surface area contributed by atoms with Crippen LogP contribution in [0, 0.1) is 6.92 Å². The molecule has 1 N–H and O–H groups in total. The fourth-order valence-corrected chi connectivity index (χ4v) is 2.36. The van der Waals surface area contributed by atoms with Gasteiger partial charge in [0, 0.05) is 31.9 Å². The van der Waals surface area contributed by atoms with E-state index in [0.29, 0.717) is 12.1 Å². The van der Waals surface area contributed by atoms with Gasteiger partial charge in [0.25, 0.3) is 5.91 Å². The zero-order chi connectivity index (χ0) is 16.7. The van der Waals surface area contributed by atoms with E-state index in [1.807, 2.05) is 31.3 Å². The summed E-state index contributed by atoms with van der Waals surface area (Å²) in [5, 5.41) is 2.98. The molecule has 4 nitrogen and oxygen atoms in total. The Labute approximate surface area is 138 Å². The predicted molar refractivity (Wildman–Crippen MR) is 94.8 cm³/mol. The van der Waals surface area contributed by atoms with Crippen LogP contribution in [0.4, 0.5) is 5.82 Å². The van der Waals surface area contributed by atoms with Crippen molar-refractivity contribution in [3.63, 3.8) is 0 Å². The van der Waals surface area contributed by atoms with E-state index in [4.69, 9.17) is 0 Å². The number of carbonyl (C=O) groups is 1. The van der Waals surface area contributed by atoms with Gasteiger partial charge < -0.3 is 10.2 Å². The number of hydrogen-bond donors (Lipinski definition) is 1. The highest BCUT2D eigenvalue weighted by Crippen LogP contribution is 2.12. The van der Waals surface area contributed by atoms with Crippen LogP contribution in [0.3, 0.4) is 0 Å². The number of nitrogens with one attached hydrogen (secondary N) is 1. The van der Waals surface area contributed by atoms with Crippen molar-refractivity contribution in [3.8, 4) is 0 Å². The van der Waals surface area contributed by atoms with E-state index < -0.39 is 0 Å². The fraction of sp³-hybridized carbons (Fsp3) is 0.368. The minimum Gasteiger partial charge on any atom is -0.360 e. The standard InChI is InChI=1S/C19H25N3O/c1-4-5-12-22(3)18-13-16(10-11-20-18)19(23)21-14-17-9-7-6-8-15(17)2/h6-11,13H,4-5,12,14H2,1-3H3,(H,21,23). The number of hydrogen-bond acceptors (Lipinski definition) is 3. The molecule has 0 saturated heterocycles. The lowest BCUT2D eigenvalue weighted by atomic mass is 10.1. The number of nitrogens with zero attached hydrogens (tertiary/aromatic N) is 2. The average molecular weight is 311 g/mol. The first-order valence-corrected chi connectivity index (χ1v) is 8.11. The van der Waals surface area contributed by atoms with Gasteiger partial charge in [-0.3, -0.25) is 4.79 Å². The number of aryl methyl sites for hydroxylation is 1. The monoisotopic (exact) mass is 311 g/mol. The number of anilines is 1. The van der Waals surface area contributed by atoms with Crippen molar-refractivity contribution in [2.45, 2.75) is 33.2 Å². The second-order valence-corrected chi connectivity index (χ2v) is 5.79. The Hall–Kier alpha value is -2.36. The number of amides is 1. The van der Waals surface area contributed by atoms with Gasteiger partial charge in [-0.25, -0.2) is 4.98 Å². The highest BCUT2D eigenvalue weighted by Gasteiger charge is 2.09. The quantitative estimate of drug-likeness (QED) is 0.850. The zero-order valence-electron chi connectivity index (χ0n) is 14.2. The van der Waals surface area contributed by atoms with Crippen molar-refractivity contribution in [3.05, 3.63) is 59.3 Å². The molecule has 1 aromatic heterocycles. The maximum absolute atomic E-state index is 12.4. The molecular weight excluding hydrogens is 286 g/mol. The Kier molecular flexibility index (Phi) is 6.15. The minimum atomic E-state index is -0.0687. The molecule has 0 radical (unpaired) electrons. The third-order valence-electron chi connectivity index (χ3n) is 3.95. The molecular formula is C19H25N3O. The number of carbonyl (C=O) groups excluding carboxylic acids is 1. The van der Waals surface area contributed by atoms with Gasteiger partial charge in [-0.15, -0.1) is 0 Å². The lowest BCUT2D eigenvalue weighted by molar-refractivity contribution is 0.0951. The zero-order valence-corrected chi connectivity index (χ0v) is 14.2. The first kappa shape index (κ1) is 17.0. The van der Waals surface area contributed by atoms with Crippen LogP contribution in [0.25, 0.3) is 0 Å². The summed E-state index contributed by atoms with van der Waals surface area (Å²) in [7, 11) is 2.01. The molecule has 0 aliphatic rings. The molecule has 0 unspecified atom stereocenters. The van der Waals surface area contributed by atoms with Crippen LogP contribution < -0.4 is 10.2 Å². The first-order valence-electron chi connectivity index (χ1n) is 8.11. The number of pyridine rings is 1. The number of unbranched alkanes of at least 4 members (excludes halogenated alkanes) is 1. The molecule has 1 heterocycles. The molecule has 0 aliphatic carbocycles. The van der Waals surface area contributed by atoms with Crippen LogP contribution in [0.5, 0.6) is 0 Å². The Balaban J connectivity index is 2.01. The van der Waals surface area contributed by atoms with Gasteiger partial charge in [-0.2, -0.15) is 0 Å². The molecule has 0 aliphatic heterocycles. The summed E-state index contributed by atoms with van der Waals surface area (Å²) in [5.74, 6) is 0.766. The molecule has 0 saturated carbocycles. The molecule has 0 atom stereocenters. The summed E-state index contributed by atoms with van der Waals surface area (Å²) in [4.78, 5) is 18.8. The van der Waals surface area contributed by atoms with Gasteiger partial charge in [-0.05, 0) is 36.6 Å². The SMILES string of the molecule is CCCCN(C)c1cc(C(=O)NCc2ccccc2C)ccn1. The van der Waals surface area contributed by atoms with Crippen LogP contribution in [0.15, 0.2) is 42.6 Å². The van der Waals surface area contributed by atoms with Gasteiger partial charge in [0.1, 0.15) is 5.82 Å². The molecule has 1 amide bonds. The Bertz CT molecular complexity index is 655. The molecule has 4 heteroatoms. The van der Waals surface area contributed by atoms with Crippen molar-refractivity contribution >= 4 is 11.7 Å². The van der Waals surface area contributed by atoms with Crippen molar-refractivity contribution in [1.29, 1.82) is 0 Å². The normalized spacial score (nSPS) is 10.4. The van der Waals surface area contributed by atoms with Crippen molar-refractivity contribution in [2.24, 2.45) is 0 Å². The van der Waals surface area contributed by atoms with Crippen molar-refractivity contribution < 1.29 is 4.79 Å². The van der Waals surface area contributed by atoms with Crippen LogP contribution in [-0.2, 0) is 6.54 Å². The van der Waals surface area contributed by atoms with Crippen LogP contribution >= 0.6 is 0 Å². The maximum atomic E-state index is 12.4. The van der Waals surface area contributed by atoms with E-state index in [0.717, 1.165) is 30.8 Å². The number of aromatic nitrogens is 1. The van der Waals surface area contributed by atoms with E-state index in [1.54, 1.807) is 12.3 Å². The molecule has 0 bridgehead atoms. The minimum absolute atomic E-state index is 0.0687. The Morgan fingerprint density at radius 1 is 1.26 bits per heavy atom. The second-order valence-electron chi connectivity index (χ2n) is 5.79. The van der Waals surface area contributed by atoms with Gasteiger partial charge in [0.2, 0.25) is 0 Å². The lowest BCUT2D eigenvalue weighted by Crippen LogP contribution is -2.24. The molecule has 122 valence electrons. The number of rotatable bonds is 7.